The first-order valence-corrected chi connectivity index (χ1v) is 7.98. The molecule has 0 saturated carbocycles. The van der Waals surface area contributed by atoms with Crippen molar-refractivity contribution in [3.05, 3.63) is 54.6 Å². The van der Waals surface area contributed by atoms with E-state index in [4.69, 9.17) is 4.74 Å². The number of likely N-dealkylation sites (N-methyl/N-ethyl adjacent to an activating group) is 1. The molecule has 0 fully saturated rings. The highest BCUT2D eigenvalue weighted by Gasteiger charge is 2.07. The van der Waals surface area contributed by atoms with Crippen LogP contribution in [0.15, 0.2) is 54.6 Å². The van der Waals surface area contributed by atoms with E-state index < -0.39 is 0 Å². The molecule has 4 nitrogen and oxygen atoms in total. The van der Waals surface area contributed by atoms with Gasteiger partial charge < -0.3 is 10.1 Å². The Labute approximate surface area is 138 Å². The van der Waals surface area contributed by atoms with E-state index in [1.807, 2.05) is 66.5 Å². The number of benzene rings is 2. The van der Waals surface area contributed by atoms with Crippen molar-refractivity contribution in [1.29, 1.82) is 0 Å². The third-order valence-electron chi connectivity index (χ3n) is 3.40. The summed E-state index contributed by atoms with van der Waals surface area (Å²) in [6, 6.07) is 17.0. The van der Waals surface area contributed by atoms with Crippen LogP contribution in [-0.2, 0) is 4.79 Å². The molecule has 0 spiro atoms. The SMILES string of the molecule is CCCCN(C)CC(=O)Nc1cccc(Oc2ccccc2)c1. The van der Waals surface area contributed by atoms with Crippen LogP contribution >= 0.6 is 0 Å². The summed E-state index contributed by atoms with van der Waals surface area (Å²) in [7, 11) is 1.96. The maximum atomic E-state index is 12.1. The summed E-state index contributed by atoms with van der Waals surface area (Å²) in [4.78, 5) is 14.1. The number of carbonyl (C=O) groups excluding carboxylic acids is 1. The van der Waals surface area contributed by atoms with E-state index >= 15 is 0 Å². The van der Waals surface area contributed by atoms with E-state index in [0.29, 0.717) is 12.3 Å². The zero-order chi connectivity index (χ0) is 16.5. The van der Waals surface area contributed by atoms with Gasteiger partial charge >= 0.3 is 0 Å². The number of anilines is 1. The fourth-order valence-corrected chi connectivity index (χ4v) is 2.21. The van der Waals surface area contributed by atoms with E-state index in [9.17, 15) is 4.79 Å². The summed E-state index contributed by atoms with van der Waals surface area (Å²) in [6.07, 6.45) is 2.23. The van der Waals surface area contributed by atoms with Crippen LogP contribution in [0.2, 0.25) is 0 Å². The average Bonchev–Trinajstić information content (AvgIpc) is 2.54. The van der Waals surface area contributed by atoms with Gasteiger partial charge in [-0.1, -0.05) is 37.6 Å². The van der Waals surface area contributed by atoms with Gasteiger partial charge in [-0.3, -0.25) is 9.69 Å². The quantitative estimate of drug-likeness (QED) is 0.796. The molecule has 0 aromatic heterocycles. The molecule has 0 aliphatic heterocycles. The lowest BCUT2D eigenvalue weighted by Gasteiger charge is -2.16. The van der Waals surface area contributed by atoms with Crippen molar-refractivity contribution >= 4 is 11.6 Å². The lowest BCUT2D eigenvalue weighted by atomic mass is 10.3. The van der Waals surface area contributed by atoms with Gasteiger partial charge in [-0.25, -0.2) is 0 Å². The van der Waals surface area contributed by atoms with Crippen LogP contribution in [-0.4, -0.2) is 30.9 Å². The van der Waals surface area contributed by atoms with Gasteiger partial charge in [0, 0.05) is 11.8 Å². The fourth-order valence-electron chi connectivity index (χ4n) is 2.21. The third kappa shape index (κ3) is 6.12. The van der Waals surface area contributed by atoms with Crippen molar-refractivity contribution in [2.24, 2.45) is 0 Å². The summed E-state index contributed by atoms with van der Waals surface area (Å²) in [6.45, 7) is 3.47. The standard InChI is InChI=1S/C19H24N2O2/c1-3-4-13-21(2)15-19(22)20-16-9-8-12-18(14-16)23-17-10-6-5-7-11-17/h5-12,14H,3-4,13,15H2,1-2H3,(H,20,22). The van der Waals surface area contributed by atoms with Crippen molar-refractivity contribution in [2.75, 3.05) is 25.5 Å². The number of hydrogen-bond acceptors (Lipinski definition) is 3. The minimum Gasteiger partial charge on any atom is -0.457 e. The molecule has 0 saturated heterocycles. The fraction of sp³-hybridized carbons (Fsp3) is 0.316. The van der Waals surface area contributed by atoms with E-state index in [0.717, 1.165) is 30.8 Å². The van der Waals surface area contributed by atoms with E-state index in [1.165, 1.54) is 0 Å². The predicted octanol–water partition coefficient (Wildman–Crippen LogP) is 4.15. The molecule has 1 N–H and O–H groups in total. The third-order valence-corrected chi connectivity index (χ3v) is 3.40. The topological polar surface area (TPSA) is 41.6 Å². The highest BCUT2D eigenvalue weighted by Crippen LogP contribution is 2.23. The summed E-state index contributed by atoms with van der Waals surface area (Å²) in [5.74, 6) is 1.46. The van der Waals surface area contributed by atoms with Crippen LogP contribution in [0.1, 0.15) is 19.8 Å². The van der Waals surface area contributed by atoms with Crippen LogP contribution in [0, 0.1) is 0 Å². The molecule has 122 valence electrons. The van der Waals surface area contributed by atoms with Crippen molar-refractivity contribution in [3.63, 3.8) is 0 Å². The van der Waals surface area contributed by atoms with E-state index in [-0.39, 0.29) is 5.91 Å². The van der Waals surface area contributed by atoms with Crippen molar-refractivity contribution in [3.8, 4) is 11.5 Å². The van der Waals surface area contributed by atoms with Gasteiger partial charge in [-0.05, 0) is 44.3 Å². The minimum absolute atomic E-state index is 0.0135. The summed E-state index contributed by atoms with van der Waals surface area (Å²) in [5.41, 5.74) is 0.743. The molecule has 2 aromatic carbocycles. The molecule has 1 amide bonds. The number of nitrogens with one attached hydrogen (secondary N) is 1. The zero-order valence-corrected chi connectivity index (χ0v) is 13.8. The summed E-state index contributed by atoms with van der Waals surface area (Å²) in [5, 5.41) is 2.91. The van der Waals surface area contributed by atoms with Gasteiger partial charge in [-0.2, -0.15) is 0 Å². The Morgan fingerprint density at radius 3 is 2.57 bits per heavy atom. The number of nitrogens with zero attached hydrogens (tertiary/aromatic N) is 1. The summed E-state index contributed by atoms with van der Waals surface area (Å²) < 4.78 is 5.77. The second-order valence-corrected chi connectivity index (χ2v) is 5.58. The monoisotopic (exact) mass is 312 g/mol. The number of carbonyl (C=O) groups is 1. The first-order valence-electron chi connectivity index (χ1n) is 7.98. The number of unbranched alkanes of at least 4 members (excludes halogenated alkanes) is 1. The second-order valence-electron chi connectivity index (χ2n) is 5.58. The molecule has 2 rings (SSSR count). The smallest absolute Gasteiger partial charge is 0.238 e. The highest BCUT2D eigenvalue weighted by molar-refractivity contribution is 5.92. The molecule has 0 bridgehead atoms. The van der Waals surface area contributed by atoms with Gasteiger partial charge in [0.15, 0.2) is 0 Å². The number of ether oxygens (including phenoxy) is 1. The van der Waals surface area contributed by atoms with Gasteiger partial charge in [0.1, 0.15) is 11.5 Å². The van der Waals surface area contributed by atoms with Crippen LogP contribution in [0.4, 0.5) is 5.69 Å². The highest BCUT2D eigenvalue weighted by atomic mass is 16.5. The van der Waals surface area contributed by atoms with Gasteiger partial charge in [-0.15, -0.1) is 0 Å². The first kappa shape index (κ1) is 17.0. The average molecular weight is 312 g/mol. The molecule has 0 radical (unpaired) electrons. The molecular formula is C19H24N2O2. The van der Waals surface area contributed by atoms with E-state index in [2.05, 4.69) is 12.2 Å². The van der Waals surface area contributed by atoms with Crippen LogP contribution in [0.25, 0.3) is 0 Å². The zero-order valence-electron chi connectivity index (χ0n) is 13.8. The van der Waals surface area contributed by atoms with Crippen molar-refractivity contribution in [1.82, 2.24) is 4.90 Å². The Bertz CT molecular complexity index is 614. The Morgan fingerprint density at radius 1 is 1.09 bits per heavy atom. The molecular weight excluding hydrogens is 288 g/mol. The molecule has 23 heavy (non-hydrogen) atoms. The first-order chi connectivity index (χ1) is 11.2. The van der Waals surface area contributed by atoms with Gasteiger partial charge in [0.05, 0.1) is 6.54 Å². The van der Waals surface area contributed by atoms with Crippen LogP contribution in [0.5, 0.6) is 11.5 Å². The number of amides is 1. The minimum atomic E-state index is -0.0135. The Morgan fingerprint density at radius 2 is 1.83 bits per heavy atom. The van der Waals surface area contributed by atoms with Gasteiger partial charge in [0.2, 0.25) is 5.91 Å². The Balaban J connectivity index is 1.90. The van der Waals surface area contributed by atoms with Crippen LogP contribution in [0.3, 0.4) is 0 Å². The van der Waals surface area contributed by atoms with Gasteiger partial charge in [0.25, 0.3) is 0 Å². The maximum absolute atomic E-state index is 12.1. The van der Waals surface area contributed by atoms with Crippen LogP contribution < -0.4 is 10.1 Å². The molecule has 0 aliphatic carbocycles. The number of hydrogen-bond donors (Lipinski definition) is 1. The maximum Gasteiger partial charge on any atom is 0.238 e. The Hall–Kier alpha value is -2.33. The number of para-hydroxylation sites is 1. The lowest BCUT2D eigenvalue weighted by molar-refractivity contribution is -0.117. The molecule has 2 aromatic rings. The predicted molar refractivity (Wildman–Crippen MR) is 94.0 cm³/mol. The molecule has 4 heteroatoms. The number of rotatable bonds is 8. The summed E-state index contributed by atoms with van der Waals surface area (Å²) >= 11 is 0. The molecule has 0 aliphatic rings. The second kappa shape index (κ2) is 8.96. The Kier molecular flexibility index (Phi) is 6.63. The molecule has 0 unspecified atom stereocenters. The molecule has 0 atom stereocenters. The normalized spacial score (nSPS) is 10.6. The van der Waals surface area contributed by atoms with Crippen molar-refractivity contribution < 1.29 is 9.53 Å². The van der Waals surface area contributed by atoms with Crippen molar-refractivity contribution in [2.45, 2.75) is 19.8 Å². The van der Waals surface area contributed by atoms with E-state index in [1.54, 1.807) is 0 Å². The lowest BCUT2D eigenvalue weighted by Crippen LogP contribution is -2.30. The largest absolute Gasteiger partial charge is 0.457 e. The molecule has 0 heterocycles.